The highest BCUT2D eigenvalue weighted by Gasteiger charge is 2.84. The van der Waals surface area contributed by atoms with E-state index in [4.69, 9.17) is 9.47 Å². The topological polar surface area (TPSA) is 79.3 Å². The highest BCUT2D eigenvalue weighted by Crippen LogP contribution is 2.77. The molecular formula is C23H32O5. The molecule has 1 spiro atoms. The standard InChI is InChI=1S/C23H32O5/c1-20-6-3-15(24)10-14(20)11-18-23(28-18)17(20)5-7-21(2)16(4-8-22(21,23)26)13-9-19(25)27-12-13/h9,14-18,24,26H,3-8,10-12H2,1-2H3/t14-,15-,16+,17-,18-,20-,21+,22+,23+/m0/s1. The number of aliphatic hydroxyl groups is 2. The Kier molecular flexibility index (Phi) is 3.34. The molecule has 0 aromatic rings. The van der Waals surface area contributed by atoms with E-state index in [0.29, 0.717) is 18.4 Å². The number of cyclic esters (lactones) is 1. The highest BCUT2D eigenvalue weighted by molar-refractivity contribution is 5.85. The van der Waals surface area contributed by atoms with E-state index in [1.807, 2.05) is 0 Å². The Labute approximate surface area is 166 Å². The number of ether oxygens (including phenoxy) is 2. The summed E-state index contributed by atoms with van der Waals surface area (Å²) < 4.78 is 11.7. The quantitative estimate of drug-likeness (QED) is 0.533. The SMILES string of the molecule is C[C@]12CC[C@H](O)C[C@H]1C[C@@H]1O[C@]13[C@H]2CC[C@]1(C)[C@@H](C2=CC(=O)OC2)CC[C@]31O. The summed E-state index contributed by atoms with van der Waals surface area (Å²) in [6, 6.07) is 0. The largest absolute Gasteiger partial charge is 0.458 e. The molecular weight excluding hydrogens is 356 g/mol. The summed E-state index contributed by atoms with van der Waals surface area (Å²) in [4.78, 5) is 11.7. The number of aliphatic hydroxyl groups excluding tert-OH is 1. The lowest BCUT2D eigenvalue weighted by molar-refractivity contribution is -0.203. The van der Waals surface area contributed by atoms with E-state index in [1.165, 1.54) is 0 Å². The molecule has 2 heterocycles. The fourth-order valence-corrected chi connectivity index (χ4v) is 8.79. The number of fused-ring (bicyclic) bond motifs is 3. The van der Waals surface area contributed by atoms with Gasteiger partial charge in [0.25, 0.3) is 0 Å². The number of carbonyl (C=O) groups excluding carboxylic acids is 1. The van der Waals surface area contributed by atoms with Crippen molar-refractivity contribution in [2.45, 2.75) is 88.6 Å². The van der Waals surface area contributed by atoms with E-state index in [0.717, 1.165) is 56.9 Å². The molecule has 4 aliphatic carbocycles. The first-order chi connectivity index (χ1) is 13.2. The van der Waals surface area contributed by atoms with Crippen molar-refractivity contribution in [3.63, 3.8) is 0 Å². The molecule has 0 aromatic carbocycles. The molecule has 2 N–H and O–H groups in total. The number of hydrogen-bond donors (Lipinski definition) is 2. The van der Waals surface area contributed by atoms with Crippen LogP contribution in [0.3, 0.4) is 0 Å². The van der Waals surface area contributed by atoms with Gasteiger partial charge in [0.15, 0.2) is 0 Å². The Hall–Kier alpha value is -0.910. The fraction of sp³-hybridized carbons (Fsp3) is 0.870. The van der Waals surface area contributed by atoms with Crippen LogP contribution < -0.4 is 0 Å². The maximum Gasteiger partial charge on any atom is 0.331 e. The van der Waals surface area contributed by atoms with Gasteiger partial charge in [-0.1, -0.05) is 13.8 Å². The minimum Gasteiger partial charge on any atom is -0.458 e. The third kappa shape index (κ3) is 1.83. The Bertz CT molecular complexity index is 777. The van der Waals surface area contributed by atoms with Gasteiger partial charge >= 0.3 is 5.97 Å². The zero-order valence-electron chi connectivity index (χ0n) is 16.9. The van der Waals surface area contributed by atoms with Gasteiger partial charge in [-0.2, -0.15) is 0 Å². The summed E-state index contributed by atoms with van der Waals surface area (Å²) >= 11 is 0. The number of hydrogen-bond acceptors (Lipinski definition) is 5. The minimum absolute atomic E-state index is 0.125. The molecule has 0 aromatic heterocycles. The molecule has 6 aliphatic rings. The molecule has 4 saturated carbocycles. The van der Waals surface area contributed by atoms with Crippen molar-refractivity contribution in [1.82, 2.24) is 0 Å². The molecule has 5 fully saturated rings. The lowest BCUT2D eigenvalue weighted by atomic mass is 9.43. The first kappa shape index (κ1) is 17.9. The third-order valence-corrected chi connectivity index (χ3v) is 10.3. The summed E-state index contributed by atoms with van der Waals surface area (Å²) in [5.41, 5.74) is -0.319. The molecule has 9 atom stereocenters. The summed E-state index contributed by atoms with van der Waals surface area (Å²) in [7, 11) is 0. The normalized spacial score (nSPS) is 59.5. The average Bonchev–Trinajstić information content (AvgIpc) is 3.09. The van der Waals surface area contributed by atoms with Gasteiger partial charge in [-0.25, -0.2) is 4.79 Å². The molecule has 2 aliphatic heterocycles. The Morgan fingerprint density at radius 3 is 2.68 bits per heavy atom. The second-order valence-corrected chi connectivity index (χ2v) is 11.1. The van der Waals surface area contributed by atoms with Crippen LogP contribution in [0, 0.1) is 28.6 Å². The van der Waals surface area contributed by atoms with Crippen molar-refractivity contribution in [2.24, 2.45) is 28.6 Å². The zero-order chi connectivity index (χ0) is 19.5. The molecule has 0 bridgehead atoms. The van der Waals surface area contributed by atoms with Crippen LogP contribution in [-0.4, -0.2) is 46.2 Å². The number of esters is 1. The summed E-state index contributed by atoms with van der Waals surface area (Å²) in [6.45, 7) is 5.02. The monoisotopic (exact) mass is 388 g/mol. The van der Waals surface area contributed by atoms with Gasteiger partial charge in [0, 0.05) is 11.5 Å². The van der Waals surface area contributed by atoms with Gasteiger partial charge in [-0.15, -0.1) is 0 Å². The minimum atomic E-state index is -0.839. The van der Waals surface area contributed by atoms with Crippen molar-refractivity contribution < 1.29 is 24.5 Å². The van der Waals surface area contributed by atoms with Gasteiger partial charge in [-0.05, 0) is 80.1 Å². The van der Waals surface area contributed by atoms with Crippen molar-refractivity contribution in [2.75, 3.05) is 6.61 Å². The molecule has 0 amide bonds. The molecule has 28 heavy (non-hydrogen) atoms. The van der Waals surface area contributed by atoms with Crippen LogP contribution in [-0.2, 0) is 14.3 Å². The zero-order valence-corrected chi connectivity index (χ0v) is 16.9. The maximum absolute atomic E-state index is 12.3. The summed E-state index contributed by atoms with van der Waals surface area (Å²) in [6.07, 6.45) is 9.05. The van der Waals surface area contributed by atoms with Gasteiger partial charge in [0.05, 0.1) is 12.2 Å². The summed E-state index contributed by atoms with van der Waals surface area (Å²) in [5.74, 6) is 0.817. The predicted octanol–water partition coefficient (Wildman–Crippen LogP) is 2.74. The molecule has 0 radical (unpaired) electrons. The van der Waals surface area contributed by atoms with Crippen LogP contribution in [0.4, 0.5) is 0 Å². The Balaban J connectivity index is 1.39. The molecule has 154 valence electrons. The molecule has 5 heteroatoms. The van der Waals surface area contributed by atoms with Crippen molar-refractivity contribution in [3.05, 3.63) is 11.6 Å². The van der Waals surface area contributed by atoms with E-state index in [2.05, 4.69) is 13.8 Å². The van der Waals surface area contributed by atoms with E-state index in [9.17, 15) is 15.0 Å². The molecule has 5 nitrogen and oxygen atoms in total. The smallest absolute Gasteiger partial charge is 0.331 e. The van der Waals surface area contributed by atoms with Gasteiger partial charge in [-0.3, -0.25) is 0 Å². The Morgan fingerprint density at radius 1 is 1.11 bits per heavy atom. The highest BCUT2D eigenvalue weighted by atomic mass is 16.6. The summed E-state index contributed by atoms with van der Waals surface area (Å²) in [5, 5.41) is 22.5. The van der Waals surface area contributed by atoms with E-state index >= 15 is 0 Å². The third-order valence-electron chi connectivity index (χ3n) is 10.3. The van der Waals surface area contributed by atoms with Gasteiger partial charge in [0.1, 0.15) is 17.8 Å². The van der Waals surface area contributed by atoms with Crippen LogP contribution >= 0.6 is 0 Å². The van der Waals surface area contributed by atoms with E-state index < -0.39 is 11.2 Å². The first-order valence-electron chi connectivity index (χ1n) is 11.2. The molecule has 1 saturated heterocycles. The number of epoxide rings is 1. The van der Waals surface area contributed by atoms with Crippen LogP contribution in [0.15, 0.2) is 11.6 Å². The lowest BCUT2D eigenvalue weighted by Crippen LogP contribution is -2.68. The lowest BCUT2D eigenvalue weighted by Gasteiger charge is -2.62. The van der Waals surface area contributed by atoms with Crippen LogP contribution in [0.5, 0.6) is 0 Å². The maximum atomic E-state index is 12.3. The van der Waals surface area contributed by atoms with Crippen LogP contribution in [0.1, 0.15) is 65.2 Å². The van der Waals surface area contributed by atoms with Crippen molar-refractivity contribution in [3.8, 4) is 0 Å². The fourth-order valence-electron chi connectivity index (χ4n) is 8.79. The van der Waals surface area contributed by atoms with E-state index in [-0.39, 0.29) is 34.9 Å². The van der Waals surface area contributed by atoms with Crippen molar-refractivity contribution >= 4 is 5.97 Å². The predicted molar refractivity (Wildman–Crippen MR) is 101 cm³/mol. The Morgan fingerprint density at radius 2 is 1.93 bits per heavy atom. The van der Waals surface area contributed by atoms with Crippen LogP contribution in [0.2, 0.25) is 0 Å². The first-order valence-corrected chi connectivity index (χ1v) is 11.2. The van der Waals surface area contributed by atoms with E-state index in [1.54, 1.807) is 6.08 Å². The number of rotatable bonds is 1. The van der Waals surface area contributed by atoms with Gasteiger partial charge in [0.2, 0.25) is 0 Å². The van der Waals surface area contributed by atoms with Gasteiger partial charge < -0.3 is 19.7 Å². The molecule has 6 rings (SSSR count). The second-order valence-electron chi connectivity index (χ2n) is 11.1. The van der Waals surface area contributed by atoms with Crippen molar-refractivity contribution in [1.29, 1.82) is 0 Å². The molecule has 0 unspecified atom stereocenters. The number of carbonyl (C=O) groups is 1. The van der Waals surface area contributed by atoms with Crippen LogP contribution in [0.25, 0.3) is 0 Å². The average molecular weight is 389 g/mol. The second kappa shape index (κ2) is 5.22.